The van der Waals surface area contributed by atoms with Crippen molar-refractivity contribution in [2.24, 2.45) is 0 Å². The number of fused-ring (bicyclic) bond motifs is 1. The standard InChI is InChI=1S/C20H22N4O4/c1-14(22-19(25)15-5-6-16-17(12-15)28-13-27-16)20(26)24-10-8-23(9-11-24)18-4-2-3-7-21-18/h2-7,12,14H,8-11,13H2,1H3,(H,22,25). The molecule has 2 aromatic rings. The molecular weight excluding hydrogens is 360 g/mol. The topological polar surface area (TPSA) is 84.0 Å². The van der Waals surface area contributed by atoms with Crippen LogP contribution in [0.15, 0.2) is 42.6 Å². The Morgan fingerprint density at radius 2 is 1.86 bits per heavy atom. The Hall–Kier alpha value is -3.29. The van der Waals surface area contributed by atoms with Crippen molar-refractivity contribution in [1.29, 1.82) is 0 Å². The highest BCUT2D eigenvalue weighted by molar-refractivity contribution is 5.98. The second-order valence-corrected chi connectivity index (χ2v) is 6.76. The van der Waals surface area contributed by atoms with Gasteiger partial charge in [-0.15, -0.1) is 0 Å². The summed E-state index contributed by atoms with van der Waals surface area (Å²) in [6.45, 7) is 4.48. The van der Waals surface area contributed by atoms with Gasteiger partial charge in [-0.3, -0.25) is 9.59 Å². The molecule has 8 nitrogen and oxygen atoms in total. The van der Waals surface area contributed by atoms with Gasteiger partial charge >= 0.3 is 0 Å². The van der Waals surface area contributed by atoms with Crippen molar-refractivity contribution >= 4 is 17.6 Å². The third-order valence-electron chi connectivity index (χ3n) is 4.92. The number of aromatic nitrogens is 1. The lowest BCUT2D eigenvalue weighted by atomic mass is 10.1. The van der Waals surface area contributed by atoms with E-state index in [0.717, 1.165) is 5.82 Å². The number of hydrogen-bond acceptors (Lipinski definition) is 6. The van der Waals surface area contributed by atoms with E-state index in [0.29, 0.717) is 43.2 Å². The lowest BCUT2D eigenvalue weighted by molar-refractivity contribution is -0.133. The van der Waals surface area contributed by atoms with Crippen molar-refractivity contribution in [1.82, 2.24) is 15.2 Å². The third kappa shape index (κ3) is 3.71. The fourth-order valence-corrected chi connectivity index (χ4v) is 3.35. The molecule has 8 heteroatoms. The number of anilines is 1. The molecule has 0 saturated carbocycles. The van der Waals surface area contributed by atoms with Crippen molar-refractivity contribution in [2.75, 3.05) is 37.9 Å². The largest absolute Gasteiger partial charge is 0.454 e. The lowest BCUT2D eigenvalue weighted by Gasteiger charge is -2.36. The zero-order valence-electron chi connectivity index (χ0n) is 15.6. The normalized spacial score (nSPS) is 16.6. The van der Waals surface area contributed by atoms with Crippen LogP contribution in [0, 0.1) is 0 Å². The molecule has 28 heavy (non-hydrogen) atoms. The molecule has 1 aromatic heterocycles. The SMILES string of the molecule is CC(NC(=O)c1ccc2c(c1)OCO2)C(=O)N1CCN(c2ccccn2)CC1. The lowest BCUT2D eigenvalue weighted by Crippen LogP contribution is -2.54. The van der Waals surface area contributed by atoms with E-state index in [4.69, 9.17) is 9.47 Å². The first kappa shape index (κ1) is 18.1. The number of pyridine rings is 1. The van der Waals surface area contributed by atoms with Crippen LogP contribution in [-0.4, -0.2) is 60.7 Å². The summed E-state index contributed by atoms with van der Waals surface area (Å²) in [7, 11) is 0. The van der Waals surface area contributed by atoms with E-state index < -0.39 is 6.04 Å². The van der Waals surface area contributed by atoms with Crippen LogP contribution in [0.2, 0.25) is 0 Å². The van der Waals surface area contributed by atoms with Crippen LogP contribution in [0.1, 0.15) is 17.3 Å². The number of hydrogen-bond donors (Lipinski definition) is 1. The Morgan fingerprint density at radius 3 is 2.61 bits per heavy atom. The van der Waals surface area contributed by atoms with Crippen molar-refractivity contribution in [3.05, 3.63) is 48.2 Å². The minimum absolute atomic E-state index is 0.0882. The molecule has 0 radical (unpaired) electrons. The molecular formula is C20H22N4O4. The van der Waals surface area contributed by atoms with Crippen LogP contribution < -0.4 is 19.7 Å². The number of ether oxygens (including phenoxy) is 2. The van der Waals surface area contributed by atoms with E-state index in [1.54, 1.807) is 36.2 Å². The average Bonchev–Trinajstić information content (AvgIpc) is 3.22. The third-order valence-corrected chi connectivity index (χ3v) is 4.92. The molecule has 146 valence electrons. The molecule has 4 rings (SSSR count). The maximum atomic E-state index is 12.7. The van der Waals surface area contributed by atoms with Gasteiger partial charge in [-0.1, -0.05) is 6.07 Å². The summed E-state index contributed by atoms with van der Waals surface area (Å²) in [6, 6.07) is 10.2. The first-order valence-corrected chi connectivity index (χ1v) is 9.27. The van der Waals surface area contributed by atoms with Crippen molar-refractivity contribution in [2.45, 2.75) is 13.0 Å². The molecule has 1 aromatic carbocycles. The highest BCUT2D eigenvalue weighted by atomic mass is 16.7. The Morgan fingerprint density at radius 1 is 1.07 bits per heavy atom. The maximum Gasteiger partial charge on any atom is 0.252 e. The number of nitrogens with one attached hydrogen (secondary N) is 1. The summed E-state index contributed by atoms with van der Waals surface area (Å²) in [4.78, 5) is 33.5. The van der Waals surface area contributed by atoms with E-state index in [9.17, 15) is 9.59 Å². The zero-order chi connectivity index (χ0) is 19.5. The second kappa shape index (κ2) is 7.75. The average molecular weight is 382 g/mol. The number of carbonyl (C=O) groups is 2. The Balaban J connectivity index is 1.32. The predicted molar refractivity (Wildman–Crippen MR) is 103 cm³/mol. The first-order chi connectivity index (χ1) is 13.6. The van der Waals surface area contributed by atoms with E-state index in [2.05, 4.69) is 15.2 Å². The van der Waals surface area contributed by atoms with Gasteiger partial charge in [-0.25, -0.2) is 4.98 Å². The number of rotatable bonds is 4. The molecule has 2 amide bonds. The molecule has 2 aliphatic rings. The van der Waals surface area contributed by atoms with Gasteiger partial charge in [-0.05, 0) is 37.3 Å². The van der Waals surface area contributed by atoms with Crippen LogP contribution in [-0.2, 0) is 4.79 Å². The summed E-state index contributed by atoms with van der Waals surface area (Å²) >= 11 is 0. The summed E-state index contributed by atoms with van der Waals surface area (Å²) in [5.41, 5.74) is 0.434. The van der Waals surface area contributed by atoms with E-state index in [1.165, 1.54) is 0 Å². The minimum Gasteiger partial charge on any atom is -0.454 e. The number of nitrogens with zero attached hydrogens (tertiary/aromatic N) is 3. The highest BCUT2D eigenvalue weighted by Crippen LogP contribution is 2.32. The number of carbonyl (C=O) groups excluding carboxylic acids is 2. The molecule has 0 bridgehead atoms. The van der Waals surface area contributed by atoms with E-state index >= 15 is 0 Å². The Labute approximate surface area is 163 Å². The van der Waals surface area contributed by atoms with Gasteiger partial charge in [-0.2, -0.15) is 0 Å². The number of benzene rings is 1. The van der Waals surface area contributed by atoms with Crippen LogP contribution in [0.4, 0.5) is 5.82 Å². The molecule has 1 saturated heterocycles. The van der Waals surface area contributed by atoms with Gasteiger partial charge in [0.2, 0.25) is 12.7 Å². The van der Waals surface area contributed by atoms with Crippen molar-refractivity contribution in [3.63, 3.8) is 0 Å². The highest BCUT2D eigenvalue weighted by Gasteiger charge is 2.27. The first-order valence-electron chi connectivity index (χ1n) is 9.27. The molecule has 1 N–H and O–H groups in total. The summed E-state index contributed by atoms with van der Waals surface area (Å²) in [5, 5.41) is 2.77. The van der Waals surface area contributed by atoms with Crippen LogP contribution >= 0.6 is 0 Å². The van der Waals surface area contributed by atoms with Gasteiger partial charge in [0.05, 0.1) is 0 Å². The van der Waals surface area contributed by atoms with Gasteiger partial charge in [0.1, 0.15) is 11.9 Å². The maximum absolute atomic E-state index is 12.7. The zero-order valence-corrected chi connectivity index (χ0v) is 15.6. The summed E-state index contributed by atoms with van der Waals surface area (Å²) < 4.78 is 10.5. The molecule has 3 heterocycles. The Bertz CT molecular complexity index is 866. The van der Waals surface area contributed by atoms with Crippen LogP contribution in [0.25, 0.3) is 0 Å². The van der Waals surface area contributed by atoms with Crippen molar-refractivity contribution < 1.29 is 19.1 Å². The van der Waals surface area contributed by atoms with E-state index in [1.807, 2.05) is 18.2 Å². The monoisotopic (exact) mass is 382 g/mol. The summed E-state index contributed by atoms with van der Waals surface area (Å²) in [5.74, 6) is 1.67. The minimum atomic E-state index is -0.612. The predicted octanol–water partition coefficient (Wildman–Crippen LogP) is 1.28. The fraction of sp³-hybridized carbons (Fsp3) is 0.350. The molecule has 1 atom stereocenters. The summed E-state index contributed by atoms with van der Waals surface area (Å²) in [6.07, 6.45) is 1.76. The van der Waals surface area contributed by atoms with Gasteiger partial charge in [0.15, 0.2) is 11.5 Å². The number of piperazine rings is 1. The molecule has 2 aliphatic heterocycles. The molecule has 0 spiro atoms. The van der Waals surface area contributed by atoms with Gasteiger partial charge in [0.25, 0.3) is 5.91 Å². The van der Waals surface area contributed by atoms with Crippen molar-refractivity contribution in [3.8, 4) is 11.5 Å². The molecule has 1 fully saturated rings. The van der Waals surface area contributed by atoms with Crippen LogP contribution in [0.3, 0.4) is 0 Å². The smallest absolute Gasteiger partial charge is 0.252 e. The van der Waals surface area contributed by atoms with E-state index in [-0.39, 0.29) is 18.6 Å². The van der Waals surface area contributed by atoms with Gasteiger partial charge in [0, 0.05) is 37.9 Å². The van der Waals surface area contributed by atoms with Gasteiger partial charge < -0.3 is 24.6 Å². The molecule has 1 unspecified atom stereocenters. The second-order valence-electron chi connectivity index (χ2n) is 6.76. The van der Waals surface area contributed by atoms with Crippen LogP contribution in [0.5, 0.6) is 11.5 Å². The number of amides is 2. The fourth-order valence-electron chi connectivity index (χ4n) is 3.35. The Kier molecular flexibility index (Phi) is 5.01. The quantitative estimate of drug-likeness (QED) is 0.858. The molecule has 0 aliphatic carbocycles.